The molecule has 9 nitrogen and oxygen atoms in total. The van der Waals surface area contributed by atoms with Gasteiger partial charge < -0.3 is 10.0 Å². The summed E-state index contributed by atoms with van der Waals surface area (Å²) >= 11 is 0. The Bertz CT molecular complexity index is 2920. The van der Waals surface area contributed by atoms with Gasteiger partial charge in [-0.3, -0.25) is 19.2 Å². The number of rotatable bonds is 6. The van der Waals surface area contributed by atoms with Crippen LogP contribution in [0.1, 0.15) is 51.8 Å². The molecule has 8 aromatic carbocycles. The zero-order chi connectivity index (χ0) is 38.2. The van der Waals surface area contributed by atoms with Crippen molar-refractivity contribution < 1.29 is 29.1 Å². The Morgan fingerprint density at radius 2 is 0.946 bits per heavy atom. The smallest absolute Gasteiger partial charge is 0.335 e. The van der Waals surface area contributed by atoms with Crippen LogP contribution in [0.4, 0.5) is 28.4 Å². The van der Waals surface area contributed by atoms with Gasteiger partial charge in [-0.2, -0.15) is 0 Å². The third-order valence-corrected chi connectivity index (χ3v) is 10.6. The molecule has 0 spiro atoms. The van der Waals surface area contributed by atoms with E-state index in [-0.39, 0.29) is 44.3 Å². The largest absolute Gasteiger partial charge is 0.478 e. The van der Waals surface area contributed by atoms with Crippen LogP contribution in [0.5, 0.6) is 0 Å². The molecule has 2 aliphatic rings. The Hall–Kier alpha value is -7.91. The highest BCUT2D eigenvalue weighted by Crippen LogP contribution is 2.48. The molecule has 0 saturated carbocycles. The predicted molar refractivity (Wildman–Crippen MR) is 216 cm³/mol. The van der Waals surface area contributed by atoms with Gasteiger partial charge in [0.1, 0.15) is 0 Å². The lowest BCUT2D eigenvalue weighted by Gasteiger charge is -2.35. The zero-order valence-electron chi connectivity index (χ0n) is 29.3. The van der Waals surface area contributed by atoms with Crippen molar-refractivity contribution in [3.63, 3.8) is 0 Å². The fourth-order valence-corrected chi connectivity index (χ4v) is 8.12. The molecule has 2 aliphatic heterocycles. The van der Waals surface area contributed by atoms with E-state index in [1.165, 1.54) is 53.4 Å². The van der Waals surface area contributed by atoms with Crippen LogP contribution in [0.2, 0.25) is 0 Å². The minimum atomic E-state index is -1.14. The van der Waals surface area contributed by atoms with Gasteiger partial charge in [-0.1, -0.05) is 78.9 Å². The lowest BCUT2D eigenvalue weighted by atomic mass is 9.85. The summed E-state index contributed by atoms with van der Waals surface area (Å²) in [5.41, 5.74) is 3.49. The maximum absolute atomic E-state index is 14.8. The van der Waals surface area contributed by atoms with Crippen LogP contribution >= 0.6 is 0 Å². The third kappa shape index (κ3) is 4.71. The molecule has 0 fully saturated rings. The molecule has 8 aromatic rings. The van der Waals surface area contributed by atoms with E-state index in [0.29, 0.717) is 11.4 Å². The summed E-state index contributed by atoms with van der Waals surface area (Å²) < 4.78 is 0. The molecule has 0 bridgehead atoms. The number of aromatic carboxylic acids is 1. The van der Waals surface area contributed by atoms with Crippen molar-refractivity contribution >= 4 is 90.4 Å². The first kappa shape index (κ1) is 32.7. The first-order valence-corrected chi connectivity index (χ1v) is 17.9. The Morgan fingerprint density at radius 3 is 1.48 bits per heavy atom. The minimum absolute atomic E-state index is 0.00472. The molecule has 56 heavy (non-hydrogen) atoms. The van der Waals surface area contributed by atoms with Gasteiger partial charge in [-0.05, 0) is 89.6 Å². The van der Waals surface area contributed by atoms with Crippen LogP contribution in [-0.2, 0) is 0 Å². The fourth-order valence-electron chi connectivity index (χ4n) is 8.12. The van der Waals surface area contributed by atoms with E-state index in [0.717, 1.165) is 37.8 Å². The van der Waals surface area contributed by atoms with Crippen LogP contribution in [-0.4, -0.2) is 34.7 Å². The highest BCUT2D eigenvalue weighted by molar-refractivity contribution is 6.42. The van der Waals surface area contributed by atoms with Crippen molar-refractivity contribution in [3.8, 4) is 0 Å². The van der Waals surface area contributed by atoms with Crippen molar-refractivity contribution in [2.75, 3.05) is 14.7 Å². The molecule has 0 unspecified atom stereocenters. The Labute approximate surface area is 318 Å². The SMILES string of the molecule is O=C(O)c1ccc(N2C(=O)c3ccc4c5c(ccc(c35)C2=O)C(=O)N(c2ccccc2N(c2ccccc2)c2c3ccccc3cc3ccccc23)C4=O)cc1. The van der Waals surface area contributed by atoms with Gasteiger partial charge in [-0.15, -0.1) is 0 Å². The quantitative estimate of drug-likeness (QED) is 0.134. The topological polar surface area (TPSA) is 115 Å². The first-order valence-electron chi connectivity index (χ1n) is 17.9. The van der Waals surface area contributed by atoms with Crippen molar-refractivity contribution in [1.82, 2.24) is 0 Å². The summed E-state index contributed by atoms with van der Waals surface area (Å²) in [5, 5.41) is 13.8. The van der Waals surface area contributed by atoms with Crippen molar-refractivity contribution in [1.29, 1.82) is 0 Å². The summed E-state index contributed by atoms with van der Waals surface area (Å²) in [7, 11) is 0. The van der Waals surface area contributed by atoms with Crippen LogP contribution < -0.4 is 14.7 Å². The van der Waals surface area contributed by atoms with Gasteiger partial charge in [0.05, 0.1) is 28.3 Å². The molecule has 0 radical (unpaired) electrons. The zero-order valence-corrected chi connectivity index (χ0v) is 29.3. The molecular weight excluding hydrogens is 703 g/mol. The summed E-state index contributed by atoms with van der Waals surface area (Å²) in [6.45, 7) is 0. The average molecular weight is 730 g/mol. The number of benzene rings is 8. The summed E-state index contributed by atoms with van der Waals surface area (Å²) in [6.07, 6.45) is 0. The molecule has 1 N–H and O–H groups in total. The number of carboxylic acids is 1. The Balaban J connectivity index is 1.14. The number of imide groups is 2. The molecule has 2 heterocycles. The van der Waals surface area contributed by atoms with Gasteiger partial charge in [-0.25, -0.2) is 14.6 Å². The lowest BCUT2D eigenvalue weighted by molar-refractivity contribution is 0.0695. The number of carbonyl (C=O) groups excluding carboxylic acids is 4. The first-order chi connectivity index (χ1) is 27.3. The number of hydrogen-bond donors (Lipinski definition) is 1. The van der Waals surface area contributed by atoms with E-state index in [1.807, 2.05) is 66.7 Å². The summed E-state index contributed by atoms with van der Waals surface area (Å²) in [6, 6.07) is 47.0. The number of hydrogen-bond acceptors (Lipinski definition) is 6. The van der Waals surface area contributed by atoms with E-state index in [9.17, 15) is 29.1 Å². The normalized spacial score (nSPS) is 13.6. The van der Waals surface area contributed by atoms with E-state index < -0.39 is 29.6 Å². The van der Waals surface area contributed by atoms with Crippen molar-refractivity contribution in [3.05, 3.63) is 186 Å². The minimum Gasteiger partial charge on any atom is -0.478 e. The summed E-state index contributed by atoms with van der Waals surface area (Å²) in [5.74, 6) is -3.63. The molecular formula is C47H27N3O6. The van der Waals surface area contributed by atoms with E-state index >= 15 is 0 Å². The fraction of sp³-hybridized carbons (Fsp3) is 0. The number of para-hydroxylation sites is 3. The van der Waals surface area contributed by atoms with Crippen LogP contribution in [0.3, 0.4) is 0 Å². The number of amides is 4. The second-order valence-electron chi connectivity index (χ2n) is 13.6. The highest BCUT2D eigenvalue weighted by Gasteiger charge is 2.41. The molecule has 4 amide bonds. The van der Waals surface area contributed by atoms with Crippen molar-refractivity contribution in [2.24, 2.45) is 0 Å². The molecule has 10 rings (SSSR count). The number of anilines is 5. The second kappa shape index (κ2) is 12.3. The monoisotopic (exact) mass is 729 g/mol. The molecule has 0 saturated heterocycles. The van der Waals surface area contributed by atoms with Gasteiger partial charge in [0, 0.05) is 49.5 Å². The van der Waals surface area contributed by atoms with E-state index in [1.54, 1.807) is 12.1 Å². The number of carbonyl (C=O) groups is 5. The Kier molecular flexibility index (Phi) is 7.20. The second-order valence-corrected chi connectivity index (χ2v) is 13.6. The lowest BCUT2D eigenvalue weighted by Crippen LogP contribution is -2.43. The molecule has 0 aliphatic carbocycles. The number of nitrogens with zero attached hydrogens (tertiary/aromatic N) is 3. The van der Waals surface area contributed by atoms with Gasteiger partial charge in [0.2, 0.25) is 0 Å². The predicted octanol–water partition coefficient (Wildman–Crippen LogP) is 9.92. The van der Waals surface area contributed by atoms with Gasteiger partial charge >= 0.3 is 5.97 Å². The molecule has 9 heteroatoms. The average Bonchev–Trinajstić information content (AvgIpc) is 3.23. The third-order valence-electron chi connectivity index (χ3n) is 10.6. The summed E-state index contributed by atoms with van der Waals surface area (Å²) in [4.78, 5) is 73.3. The van der Waals surface area contributed by atoms with Gasteiger partial charge in [0.15, 0.2) is 0 Å². The van der Waals surface area contributed by atoms with Crippen molar-refractivity contribution in [2.45, 2.75) is 0 Å². The van der Waals surface area contributed by atoms with E-state index in [4.69, 9.17) is 0 Å². The standard InChI is InChI=1S/C47H27N3O6/c51-43-34-22-24-36-41-37(25-23-35(40(34)41)44(52)49(43)31-20-18-27(19-21-31)47(55)56)46(54)50(45(36)53)39-17-9-8-16-38(39)48(30-12-2-1-3-13-30)42-32-14-6-4-10-28(32)26-29-11-5-7-15-33(29)42/h1-26H,(H,55,56). The van der Waals surface area contributed by atoms with Crippen LogP contribution in [0.15, 0.2) is 158 Å². The highest BCUT2D eigenvalue weighted by atomic mass is 16.4. The molecule has 0 aromatic heterocycles. The maximum Gasteiger partial charge on any atom is 0.335 e. The number of fused-ring (bicyclic) bond motifs is 2. The van der Waals surface area contributed by atoms with Crippen LogP contribution in [0, 0.1) is 0 Å². The van der Waals surface area contributed by atoms with Gasteiger partial charge in [0.25, 0.3) is 23.6 Å². The Morgan fingerprint density at radius 1 is 0.482 bits per heavy atom. The number of carboxylic acid groups (broad SMARTS) is 1. The molecule has 266 valence electrons. The maximum atomic E-state index is 14.8. The van der Waals surface area contributed by atoms with E-state index in [2.05, 4.69) is 35.2 Å². The van der Waals surface area contributed by atoms with Crippen LogP contribution in [0.25, 0.3) is 32.3 Å². The molecule has 0 atom stereocenters.